The van der Waals surface area contributed by atoms with Gasteiger partial charge in [0.15, 0.2) is 6.10 Å². The number of allylic oxidation sites excluding steroid dienone is 20. The lowest BCUT2D eigenvalue weighted by Crippen LogP contribution is -2.37. The lowest BCUT2D eigenvalue weighted by atomic mass is 10.1. The number of esters is 2. The molecule has 2 unspecified atom stereocenters. The van der Waals surface area contributed by atoms with Crippen LogP contribution >= 0.6 is 7.82 Å². The first-order valence-corrected chi connectivity index (χ1v) is 28.7. The molecule has 0 amide bonds. The highest BCUT2D eigenvalue weighted by molar-refractivity contribution is 7.45. The van der Waals surface area contributed by atoms with E-state index in [1.165, 1.54) is 32.1 Å². The fourth-order valence-electron chi connectivity index (χ4n) is 6.77. The Bertz CT molecular complexity index is 1590. The van der Waals surface area contributed by atoms with Crippen molar-refractivity contribution in [2.45, 2.75) is 200 Å². The molecule has 0 aromatic carbocycles. The summed E-state index contributed by atoms with van der Waals surface area (Å²) in [6.45, 7) is 4.00. The number of unbranched alkanes of at least 4 members (excludes halogenated alkanes) is 14. The van der Waals surface area contributed by atoms with Gasteiger partial charge >= 0.3 is 11.9 Å². The SMILES string of the molecule is CC/C=C\C/C=C\C/C=C\C/C=C\C/C=C\C/C=C\C/C=C\C/C=C\CCCCCCCCCCC(=O)OC(COC(=O)CCCCCCC/C=C\C/C=C\CCC)COP(=O)([O-])OCC[N+](C)(C)C. The van der Waals surface area contributed by atoms with Gasteiger partial charge in [-0.3, -0.25) is 14.2 Å². The van der Waals surface area contributed by atoms with Gasteiger partial charge in [-0.15, -0.1) is 0 Å². The third-order valence-electron chi connectivity index (χ3n) is 10.9. The van der Waals surface area contributed by atoms with Gasteiger partial charge in [-0.2, -0.15) is 0 Å². The van der Waals surface area contributed by atoms with E-state index in [1.54, 1.807) is 0 Å². The molecule has 0 fully saturated rings. The number of quaternary nitrogens is 1. The number of likely N-dealkylation sites (N-methyl/N-ethyl adjacent to an activating group) is 1. The van der Waals surface area contributed by atoms with Crippen LogP contribution in [0.4, 0.5) is 0 Å². The number of hydrogen-bond donors (Lipinski definition) is 0. The quantitative estimate of drug-likeness (QED) is 0.0195. The maximum atomic E-state index is 12.8. The number of phosphoric acid groups is 1. The van der Waals surface area contributed by atoms with Gasteiger partial charge in [0.05, 0.1) is 27.7 Å². The average molecular weight is 994 g/mol. The number of ether oxygens (including phenoxy) is 2. The molecular formula is C60H100NO8P. The second kappa shape index (κ2) is 50.4. The molecule has 0 saturated carbocycles. The van der Waals surface area contributed by atoms with Crippen molar-refractivity contribution >= 4 is 19.8 Å². The molecular weight excluding hydrogens is 894 g/mol. The largest absolute Gasteiger partial charge is 0.756 e. The Morgan fingerprint density at radius 1 is 0.457 bits per heavy atom. The van der Waals surface area contributed by atoms with Gasteiger partial charge in [-0.05, 0) is 103 Å². The van der Waals surface area contributed by atoms with Crippen molar-refractivity contribution in [3.8, 4) is 0 Å². The van der Waals surface area contributed by atoms with Crippen molar-refractivity contribution in [2.24, 2.45) is 0 Å². The first-order valence-electron chi connectivity index (χ1n) is 27.2. The smallest absolute Gasteiger partial charge is 0.306 e. The van der Waals surface area contributed by atoms with Gasteiger partial charge in [0, 0.05) is 12.8 Å². The molecule has 0 aromatic heterocycles. The highest BCUT2D eigenvalue weighted by Crippen LogP contribution is 2.38. The summed E-state index contributed by atoms with van der Waals surface area (Å²) in [5.74, 6) is -0.870. The summed E-state index contributed by atoms with van der Waals surface area (Å²) in [7, 11) is 1.13. The van der Waals surface area contributed by atoms with E-state index >= 15 is 0 Å². The van der Waals surface area contributed by atoms with E-state index in [0.717, 1.165) is 122 Å². The fraction of sp³-hybridized carbons (Fsp3) is 0.633. The van der Waals surface area contributed by atoms with Crippen LogP contribution in [-0.2, 0) is 32.7 Å². The Labute approximate surface area is 428 Å². The van der Waals surface area contributed by atoms with Gasteiger partial charge in [0.2, 0.25) is 0 Å². The van der Waals surface area contributed by atoms with Crippen LogP contribution in [0.5, 0.6) is 0 Å². The second-order valence-corrected chi connectivity index (χ2v) is 20.3. The number of nitrogens with zero attached hydrogens (tertiary/aromatic N) is 1. The van der Waals surface area contributed by atoms with Crippen LogP contribution in [0.1, 0.15) is 194 Å². The zero-order valence-corrected chi connectivity index (χ0v) is 45.8. The van der Waals surface area contributed by atoms with Crippen molar-refractivity contribution in [1.29, 1.82) is 0 Å². The number of hydrogen-bond acceptors (Lipinski definition) is 8. The Morgan fingerprint density at radius 2 is 0.814 bits per heavy atom. The summed E-state index contributed by atoms with van der Waals surface area (Å²) in [5.41, 5.74) is 0. The number of phosphoric ester groups is 1. The maximum Gasteiger partial charge on any atom is 0.306 e. The van der Waals surface area contributed by atoms with Crippen LogP contribution in [0.2, 0.25) is 0 Å². The molecule has 9 nitrogen and oxygen atoms in total. The number of carbonyl (C=O) groups excluding carboxylic acids is 2. The van der Waals surface area contributed by atoms with Crippen LogP contribution < -0.4 is 4.89 Å². The third-order valence-corrected chi connectivity index (χ3v) is 11.9. The highest BCUT2D eigenvalue weighted by Gasteiger charge is 2.21. The summed E-state index contributed by atoms with van der Waals surface area (Å²) in [5, 5.41) is 0. The molecule has 0 aromatic rings. The molecule has 0 aliphatic heterocycles. The van der Waals surface area contributed by atoms with Crippen LogP contribution in [0, 0.1) is 0 Å². The van der Waals surface area contributed by atoms with Crippen molar-refractivity contribution in [2.75, 3.05) is 47.5 Å². The van der Waals surface area contributed by atoms with Crippen molar-refractivity contribution < 1.29 is 42.1 Å². The van der Waals surface area contributed by atoms with Crippen LogP contribution in [0.25, 0.3) is 0 Å². The second-order valence-electron chi connectivity index (χ2n) is 18.9. The lowest BCUT2D eigenvalue weighted by molar-refractivity contribution is -0.870. The average Bonchev–Trinajstić information content (AvgIpc) is 3.32. The summed E-state index contributed by atoms with van der Waals surface area (Å²) >= 11 is 0. The van der Waals surface area contributed by atoms with Gasteiger partial charge in [-0.25, -0.2) is 0 Å². The monoisotopic (exact) mass is 994 g/mol. The predicted octanol–water partition coefficient (Wildman–Crippen LogP) is 16.2. The molecule has 70 heavy (non-hydrogen) atoms. The zero-order valence-electron chi connectivity index (χ0n) is 44.9. The van der Waals surface area contributed by atoms with Gasteiger partial charge < -0.3 is 27.9 Å². The molecule has 0 aliphatic rings. The Balaban J connectivity index is 4.19. The van der Waals surface area contributed by atoms with Gasteiger partial charge in [0.1, 0.15) is 19.8 Å². The Hall–Kier alpha value is -3.59. The summed E-state index contributed by atoms with van der Waals surface area (Å²) in [6.07, 6.45) is 71.0. The van der Waals surface area contributed by atoms with Crippen LogP contribution in [0.3, 0.4) is 0 Å². The zero-order chi connectivity index (χ0) is 51.3. The first kappa shape index (κ1) is 66.4. The molecule has 0 N–H and O–H groups in total. The standard InChI is InChI=1S/C60H100NO8P/c1-6-8-10-12-14-16-18-20-21-22-23-24-25-26-27-28-29-30-31-32-33-34-35-36-37-38-39-41-43-45-47-49-51-53-60(63)69-58(57-68-70(64,65)67-55-54-61(3,4)5)56-66-59(62)52-50-48-46-44-42-40-19-17-15-13-11-9-7-2/h8,10-11,13-14,16-17,19-21,23-24,26-27,29-30,32-33,35-36,58H,6-7,9,12,15,18,22,25,28,31,34,37-57H2,1-5H3/b10-8-,13-11-,16-14-,19-17-,21-20-,24-23-,27-26-,30-29-,33-32-,36-35-. The minimum Gasteiger partial charge on any atom is -0.756 e. The molecule has 2 atom stereocenters. The minimum atomic E-state index is -4.64. The topological polar surface area (TPSA) is 111 Å². The number of rotatable bonds is 48. The molecule has 0 aliphatic carbocycles. The fourth-order valence-corrected chi connectivity index (χ4v) is 7.49. The predicted molar refractivity (Wildman–Crippen MR) is 295 cm³/mol. The lowest BCUT2D eigenvalue weighted by Gasteiger charge is -2.28. The van der Waals surface area contributed by atoms with E-state index in [0.29, 0.717) is 23.9 Å². The summed E-state index contributed by atoms with van der Waals surface area (Å²) in [6, 6.07) is 0. The molecule has 0 radical (unpaired) electrons. The molecule has 0 heterocycles. The third kappa shape index (κ3) is 53.8. The van der Waals surface area contributed by atoms with Gasteiger partial charge in [0.25, 0.3) is 7.82 Å². The summed E-state index contributed by atoms with van der Waals surface area (Å²) in [4.78, 5) is 37.7. The van der Waals surface area contributed by atoms with Crippen LogP contribution in [0.15, 0.2) is 122 Å². The van der Waals surface area contributed by atoms with E-state index in [1.807, 2.05) is 21.1 Å². The van der Waals surface area contributed by atoms with Crippen LogP contribution in [-0.4, -0.2) is 70.0 Å². The molecule has 0 saturated heterocycles. The van der Waals surface area contributed by atoms with E-state index in [4.69, 9.17) is 18.5 Å². The minimum absolute atomic E-state index is 0.0414. The van der Waals surface area contributed by atoms with Crippen molar-refractivity contribution in [1.82, 2.24) is 0 Å². The molecule has 0 bridgehead atoms. The van der Waals surface area contributed by atoms with E-state index < -0.39 is 32.5 Å². The molecule has 0 rings (SSSR count). The Kier molecular flexibility index (Phi) is 47.8. The molecule has 0 spiro atoms. The van der Waals surface area contributed by atoms with E-state index in [2.05, 4.69) is 135 Å². The number of carbonyl (C=O) groups is 2. The van der Waals surface area contributed by atoms with Gasteiger partial charge in [-0.1, -0.05) is 200 Å². The normalized spacial score (nSPS) is 14.3. The van der Waals surface area contributed by atoms with E-state index in [-0.39, 0.29) is 26.1 Å². The van der Waals surface area contributed by atoms with Crippen molar-refractivity contribution in [3.05, 3.63) is 122 Å². The Morgan fingerprint density at radius 3 is 1.21 bits per heavy atom. The highest BCUT2D eigenvalue weighted by atomic mass is 31.2. The van der Waals surface area contributed by atoms with E-state index in [9.17, 15) is 19.0 Å². The molecule has 10 heteroatoms. The molecule has 398 valence electrons. The van der Waals surface area contributed by atoms with Crippen molar-refractivity contribution in [3.63, 3.8) is 0 Å². The summed E-state index contributed by atoms with van der Waals surface area (Å²) < 4.78 is 34.0. The maximum absolute atomic E-state index is 12.8. The first-order chi connectivity index (χ1) is 34.0.